The predicted molar refractivity (Wildman–Crippen MR) is 275 cm³/mol. The van der Waals surface area contributed by atoms with Crippen LogP contribution in [0, 0.1) is 0 Å². The molecule has 0 saturated heterocycles. The molecule has 12 rings (SSSR count). The number of rotatable bonds is 8. The van der Waals surface area contributed by atoms with Gasteiger partial charge in [-0.15, -0.1) is 0 Å². The van der Waals surface area contributed by atoms with Crippen LogP contribution in [0.4, 0.5) is 11.4 Å². The summed E-state index contributed by atoms with van der Waals surface area (Å²) in [5.74, 6) is 0. The number of nitrogens with one attached hydrogen (secondary N) is 4. The molecule has 0 saturated carbocycles. The first kappa shape index (κ1) is 39.8. The van der Waals surface area contributed by atoms with Crippen molar-refractivity contribution in [1.82, 2.24) is 10.6 Å². The third kappa shape index (κ3) is 7.60. The van der Waals surface area contributed by atoms with E-state index in [2.05, 4.69) is 252 Å². The lowest BCUT2D eigenvalue weighted by atomic mass is 9.89. The Morgan fingerprint density at radius 1 is 0.348 bits per heavy atom. The van der Waals surface area contributed by atoms with Gasteiger partial charge >= 0.3 is 0 Å². The van der Waals surface area contributed by atoms with Crippen LogP contribution in [0.25, 0.3) is 49.7 Å². The third-order valence-electron chi connectivity index (χ3n) is 13.8. The fourth-order valence-electron chi connectivity index (χ4n) is 10.4. The highest BCUT2D eigenvalue weighted by atomic mass is 15.2. The SMILES string of the molecule is C1=CCCC(c2cccc(-c3ccc(C4NC(c5ccc(C6Nc7ccccc7C(c7ccc(-c8cccc(-c9ccccc9)c8)cc7)N6)c6ccccc56)Nc5ccccc54)cc3)c2)=C1. The topological polar surface area (TPSA) is 48.1 Å². The lowest BCUT2D eigenvalue weighted by Gasteiger charge is -2.37. The Labute approximate surface area is 387 Å². The van der Waals surface area contributed by atoms with Gasteiger partial charge in [-0.3, -0.25) is 10.6 Å². The van der Waals surface area contributed by atoms with Gasteiger partial charge in [-0.2, -0.15) is 0 Å². The van der Waals surface area contributed by atoms with E-state index < -0.39 is 0 Å². The molecular weight excluding hydrogens is 801 g/mol. The fraction of sp³-hybridized carbons (Fsp3) is 0.0968. The number of allylic oxidation sites excluding steroid dienone is 4. The molecule has 0 fully saturated rings. The minimum atomic E-state index is -0.123. The summed E-state index contributed by atoms with van der Waals surface area (Å²) in [4.78, 5) is 0. The molecule has 2 aliphatic heterocycles. The Hall–Kier alpha value is -7.76. The van der Waals surface area contributed by atoms with Gasteiger partial charge in [-0.25, -0.2) is 0 Å². The molecule has 4 unspecified atom stereocenters. The van der Waals surface area contributed by atoms with E-state index in [-0.39, 0.29) is 24.4 Å². The molecule has 0 aromatic heterocycles. The maximum absolute atomic E-state index is 4.06. The van der Waals surface area contributed by atoms with Crippen LogP contribution in [0.3, 0.4) is 0 Å². The van der Waals surface area contributed by atoms with Crippen LogP contribution in [-0.4, -0.2) is 0 Å². The molecule has 3 aliphatic rings. The van der Waals surface area contributed by atoms with E-state index in [1.165, 1.54) is 88.7 Å². The molecule has 0 radical (unpaired) electrons. The van der Waals surface area contributed by atoms with E-state index in [1.54, 1.807) is 0 Å². The molecule has 2 heterocycles. The summed E-state index contributed by atoms with van der Waals surface area (Å²) >= 11 is 0. The second kappa shape index (κ2) is 17.3. The highest BCUT2D eigenvalue weighted by Gasteiger charge is 2.32. The van der Waals surface area contributed by atoms with Crippen molar-refractivity contribution in [3.05, 3.63) is 269 Å². The molecule has 4 heteroatoms. The van der Waals surface area contributed by atoms with Crippen molar-refractivity contribution in [1.29, 1.82) is 0 Å². The van der Waals surface area contributed by atoms with Crippen molar-refractivity contribution < 1.29 is 0 Å². The summed E-state index contributed by atoms with van der Waals surface area (Å²) in [6.07, 6.45) is 8.63. The highest BCUT2D eigenvalue weighted by molar-refractivity contribution is 5.90. The molecule has 0 bridgehead atoms. The van der Waals surface area contributed by atoms with Gasteiger partial charge in [-0.05, 0) is 126 Å². The molecule has 9 aromatic rings. The number of anilines is 2. The minimum Gasteiger partial charge on any atom is -0.366 e. The molecule has 66 heavy (non-hydrogen) atoms. The zero-order valence-corrected chi connectivity index (χ0v) is 36.7. The largest absolute Gasteiger partial charge is 0.366 e. The van der Waals surface area contributed by atoms with Crippen LogP contribution in [-0.2, 0) is 0 Å². The lowest BCUT2D eigenvalue weighted by molar-refractivity contribution is 0.504. The summed E-state index contributed by atoms with van der Waals surface area (Å²) in [7, 11) is 0. The van der Waals surface area contributed by atoms with Crippen LogP contribution < -0.4 is 21.3 Å². The van der Waals surface area contributed by atoms with Crippen LogP contribution in [0.5, 0.6) is 0 Å². The van der Waals surface area contributed by atoms with Gasteiger partial charge in [0.1, 0.15) is 12.3 Å². The standard InChI is InChI=1S/C62H50N4/c1-3-15-41(16-4-1)47-19-13-21-49(39-47)43-29-33-45(34-30-43)59-55-25-9-11-27-57(55)63-61(65-59)53-37-38-54(52-24-8-7-23-51(52)53)62-64-58-28-12-10-26-56(58)60(66-62)46-35-31-44(32-36-46)50-22-14-20-48(40-50)42-17-5-2-6-18-42/h1-5,7-17,19-40,59-66H,6,18H2. The summed E-state index contributed by atoms with van der Waals surface area (Å²) in [6, 6.07) is 77.6. The van der Waals surface area contributed by atoms with Gasteiger partial charge in [0.2, 0.25) is 0 Å². The van der Waals surface area contributed by atoms with Gasteiger partial charge in [0.05, 0.1) is 12.1 Å². The van der Waals surface area contributed by atoms with Crippen LogP contribution >= 0.6 is 0 Å². The van der Waals surface area contributed by atoms with Gasteiger partial charge < -0.3 is 10.6 Å². The van der Waals surface area contributed by atoms with Crippen LogP contribution in [0.15, 0.2) is 231 Å². The second-order valence-electron chi connectivity index (χ2n) is 17.7. The number of hydrogen-bond donors (Lipinski definition) is 4. The predicted octanol–water partition coefficient (Wildman–Crippen LogP) is 15.2. The summed E-state index contributed by atoms with van der Waals surface area (Å²) in [6.45, 7) is 0. The van der Waals surface area contributed by atoms with Gasteiger partial charge in [-0.1, -0.05) is 206 Å². The van der Waals surface area contributed by atoms with Crippen molar-refractivity contribution in [3.8, 4) is 33.4 Å². The van der Waals surface area contributed by atoms with Crippen molar-refractivity contribution in [2.75, 3.05) is 10.6 Å². The number of para-hydroxylation sites is 2. The zero-order valence-electron chi connectivity index (χ0n) is 36.7. The summed E-state index contributed by atoms with van der Waals surface area (Å²) < 4.78 is 0. The van der Waals surface area contributed by atoms with E-state index in [1.807, 2.05) is 0 Å². The van der Waals surface area contributed by atoms with Crippen molar-refractivity contribution in [2.24, 2.45) is 0 Å². The molecular formula is C62H50N4. The number of hydrogen-bond acceptors (Lipinski definition) is 4. The molecule has 9 aromatic carbocycles. The Morgan fingerprint density at radius 3 is 1.30 bits per heavy atom. The molecule has 4 atom stereocenters. The molecule has 4 nitrogen and oxygen atoms in total. The second-order valence-corrected chi connectivity index (χ2v) is 17.7. The molecule has 0 amide bonds. The summed E-state index contributed by atoms with van der Waals surface area (Å²) in [5, 5.41) is 18.3. The molecule has 1 aliphatic carbocycles. The maximum atomic E-state index is 4.06. The minimum absolute atomic E-state index is 0.00318. The maximum Gasteiger partial charge on any atom is 0.105 e. The molecule has 318 valence electrons. The van der Waals surface area contributed by atoms with Crippen LogP contribution in [0.1, 0.15) is 76.2 Å². The van der Waals surface area contributed by atoms with E-state index in [9.17, 15) is 0 Å². The van der Waals surface area contributed by atoms with E-state index >= 15 is 0 Å². The average molecular weight is 851 g/mol. The first-order valence-corrected chi connectivity index (χ1v) is 23.3. The first-order valence-electron chi connectivity index (χ1n) is 23.3. The monoisotopic (exact) mass is 850 g/mol. The Bertz CT molecular complexity index is 3280. The Kier molecular flexibility index (Phi) is 10.4. The normalized spacial score (nSPS) is 18.6. The van der Waals surface area contributed by atoms with E-state index in [0.29, 0.717) is 0 Å². The Morgan fingerprint density at radius 2 is 0.788 bits per heavy atom. The van der Waals surface area contributed by atoms with Gasteiger partial charge in [0, 0.05) is 11.4 Å². The van der Waals surface area contributed by atoms with Crippen LogP contribution in [0.2, 0.25) is 0 Å². The van der Waals surface area contributed by atoms with E-state index in [0.717, 1.165) is 24.2 Å². The van der Waals surface area contributed by atoms with Gasteiger partial charge in [0.15, 0.2) is 0 Å². The quantitative estimate of drug-likeness (QED) is 0.123. The van der Waals surface area contributed by atoms with Crippen molar-refractivity contribution >= 4 is 27.7 Å². The lowest BCUT2D eigenvalue weighted by Crippen LogP contribution is -2.38. The smallest absolute Gasteiger partial charge is 0.105 e. The summed E-state index contributed by atoms with van der Waals surface area (Å²) in [5.41, 5.74) is 19.7. The van der Waals surface area contributed by atoms with Crippen molar-refractivity contribution in [3.63, 3.8) is 0 Å². The third-order valence-corrected chi connectivity index (χ3v) is 13.8. The Balaban J connectivity index is 0.838. The van der Waals surface area contributed by atoms with Gasteiger partial charge in [0.25, 0.3) is 0 Å². The highest BCUT2D eigenvalue weighted by Crippen LogP contribution is 2.43. The van der Waals surface area contributed by atoms with E-state index in [4.69, 9.17) is 0 Å². The first-order chi connectivity index (χ1) is 32.7. The van der Waals surface area contributed by atoms with Crippen molar-refractivity contribution in [2.45, 2.75) is 37.3 Å². The average Bonchev–Trinajstić information content (AvgIpc) is 3.40. The number of benzene rings is 9. The molecule has 4 N–H and O–H groups in total. The zero-order chi connectivity index (χ0) is 43.8. The molecule has 0 spiro atoms. The number of fused-ring (bicyclic) bond motifs is 3. The fourth-order valence-corrected chi connectivity index (χ4v) is 10.4.